The van der Waals surface area contributed by atoms with E-state index in [1.54, 1.807) is 0 Å². The average Bonchev–Trinajstić information content (AvgIpc) is 3.20. The molecule has 0 saturated heterocycles. The Morgan fingerprint density at radius 1 is 0.402 bits per heavy atom. The molecule has 35 heteroatoms. The van der Waals surface area contributed by atoms with Gasteiger partial charge in [-0.1, -0.05) is 12.1 Å². The summed E-state index contributed by atoms with van der Waals surface area (Å²) in [6.45, 7) is -4.67. The van der Waals surface area contributed by atoms with Crippen LogP contribution in [-0.4, -0.2) is 308 Å². The van der Waals surface area contributed by atoms with Crippen molar-refractivity contribution < 1.29 is 113 Å². The molecule has 0 saturated carbocycles. The lowest BCUT2D eigenvalue weighted by Crippen LogP contribution is -2.57. The second kappa shape index (κ2) is 42.2. The number of benzene rings is 1. The lowest BCUT2D eigenvalue weighted by Gasteiger charge is -2.28. The van der Waals surface area contributed by atoms with Crippen LogP contribution in [0, 0.1) is 0 Å². The highest BCUT2D eigenvalue weighted by Gasteiger charge is 2.30. The quantitative estimate of drug-likeness (QED) is 0.0270. The summed E-state index contributed by atoms with van der Waals surface area (Å²) in [5, 5.41) is 97.1. The topological polar surface area (TPSA) is 527 Å². The lowest BCUT2D eigenvalue weighted by molar-refractivity contribution is -0.143. The molecular weight excluding hydrogens is 1160 g/mol. The summed E-state index contributed by atoms with van der Waals surface area (Å²) < 4.78 is 0. The van der Waals surface area contributed by atoms with E-state index < -0.39 is 160 Å². The summed E-state index contributed by atoms with van der Waals surface area (Å²) in [5.74, 6) is -14.7. The zero-order valence-corrected chi connectivity index (χ0v) is 48.3. The van der Waals surface area contributed by atoms with Crippen LogP contribution in [0.4, 0.5) is 0 Å². The first-order chi connectivity index (χ1) is 40.9. The van der Waals surface area contributed by atoms with Crippen molar-refractivity contribution >= 4 is 83.2 Å². The standard InChI is InChI=1S/C52H82N12O23/c1-34(65)56-38(7-3-5-14-55-41(68)26-63(31-47(79)80)22-19-61(29-45(75)76)20-23-64(32-48(81)82)33-49(83)84)51(86)58-39(24-35-8-10-36(66)11-9-35)52(87)57-37(50(53)85)6-2-4-13-54-40(67)25-62(30-46(77)78)21-18-60(28-44(73)74)17-16-59(27-43(71)72)15-12-42(69)70/h8-11,37-39,66H,2-7,12-33H2,1H3,(H2,53,85)(H,54,67)(H,55,68)(H,56,65)(H,57,87)(H,58,86)(H,69,70)(H,71,72)(H,73,74)(H,75,76)(H,77,78)(H,79,80)(H,81,82)(H,83,84)/t37-,38-,39+/m0/s1. The van der Waals surface area contributed by atoms with Gasteiger partial charge in [0.15, 0.2) is 0 Å². The van der Waals surface area contributed by atoms with Crippen LogP contribution < -0.4 is 32.3 Å². The molecule has 3 atom stereocenters. The number of aliphatic carboxylic acids is 8. The molecule has 0 aliphatic heterocycles. The van der Waals surface area contributed by atoms with Gasteiger partial charge in [-0.2, -0.15) is 0 Å². The summed E-state index contributed by atoms with van der Waals surface area (Å²) >= 11 is 0. The van der Waals surface area contributed by atoms with Crippen LogP contribution >= 0.6 is 0 Å². The molecule has 0 aliphatic carbocycles. The van der Waals surface area contributed by atoms with Gasteiger partial charge in [-0.15, -0.1) is 0 Å². The molecule has 0 unspecified atom stereocenters. The maximum absolute atomic E-state index is 13.9. The van der Waals surface area contributed by atoms with Crippen LogP contribution in [0.15, 0.2) is 24.3 Å². The number of carbonyl (C=O) groups excluding carboxylic acids is 6. The Kier molecular flexibility index (Phi) is 37.1. The van der Waals surface area contributed by atoms with E-state index in [9.17, 15) is 97.8 Å². The van der Waals surface area contributed by atoms with Crippen molar-refractivity contribution in [3.05, 3.63) is 29.8 Å². The average molecular weight is 1240 g/mol. The zero-order chi connectivity index (χ0) is 65.6. The first-order valence-electron chi connectivity index (χ1n) is 27.5. The molecule has 6 amide bonds. The second-order valence-electron chi connectivity index (χ2n) is 20.2. The maximum atomic E-state index is 13.9. The van der Waals surface area contributed by atoms with E-state index in [0.29, 0.717) is 5.56 Å². The number of unbranched alkanes of at least 4 members (excludes halogenated alkanes) is 2. The van der Waals surface area contributed by atoms with E-state index in [1.807, 2.05) is 0 Å². The fraction of sp³-hybridized carbons (Fsp3) is 0.615. The molecule has 35 nitrogen and oxygen atoms in total. The Morgan fingerprint density at radius 3 is 1.08 bits per heavy atom. The molecule has 0 spiro atoms. The Morgan fingerprint density at radius 2 is 0.724 bits per heavy atom. The molecule has 0 radical (unpaired) electrons. The van der Waals surface area contributed by atoms with Crippen molar-refractivity contribution in [1.29, 1.82) is 0 Å². The van der Waals surface area contributed by atoms with Gasteiger partial charge in [0, 0.05) is 85.3 Å². The number of amides is 6. The number of hydrogen-bond donors (Lipinski definition) is 15. The van der Waals surface area contributed by atoms with Crippen LogP contribution in [0.3, 0.4) is 0 Å². The molecule has 16 N–H and O–H groups in total. The molecule has 0 heterocycles. The van der Waals surface area contributed by atoms with Crippen LogP contribution in [0.1, 0.15) is 57.4 Å². The number of carbonyl (C=O) groups is 14. The van der Waals surface area contributed by atoms with Gasteiger partial charge in [0.1, 0.15) is 23.9 Å². The normalized spacial score (nSPS) is 12.3. The molecule has 0 bridgehead atoms. The Bertz CT molecular complexity index is 2460. The van der Waals surface area contributed by atoms with E-state index in [4.69, 9.17) is 21.1 Å². The predicted octanol–water partition coefficient (Wildman–Crippen LogP) is -5.65. The lowest BCUT2D eigenvalue weighted by atomic mass is 10.0. The summed E-state index contributed by atoms with van der Waals surface area (Å²) in [7, 11) is 0. The largest absolute Gasteiger partial charge is 0.508 e. The number of aromatic hydroxyl groups is 1. The molecule has 1 rings (SSSR count). The molecule has 1 aromatic carbocycles. The Hall–Kier alpha value is -8.64. The minimum atomic E-state index is -1.40. The third-order valence-electron chi connectivity index (χ3n) is 12.7. The summed E-state index contributed by atoms with van der Waals surface area (Å²) in [5.41, 5.74) is 6.12. The molecule has 0 aromatic heterocycles. The van der Waals surface area contributed by atoms with Crippen molar-refractivity contribution in [2.75, 3.05) is 131 Å². The Labute approximate surface area is 499 Å². The summed E-state index contributed by atoms with van der Waals surface area (Å²) in [6.07, 6.45) is 0.215. The van der Waals surface area contributed by atoms with Crippen molar-refractivity contribution in [1.82, 2.24) is 56.0 Å². The van der Waals surface area contributed by atoms with Crippen LogP contribution in [-0.2, 0) is 73.5 Å². The predicted molar refractivity (Wildman–Crippen MR) is 301 cm³/mol. The van der Waals surface area contributed by atoms with Crippen molar-refractivity contribution in [3.63, 3.8) is 0 Å². The van der Waals surface area contributed by atoms with Gasteiger partial charge in [0.05, 0.1) is 65.3 Å². The molecule has 0 aliphatic rings. The number of hydrogen-bond acceptors (Lipinski definition) is 21. The molecular formula is C52H82N12O23. The van der Waals surface area contributed by atoms with Crippen molar-refractivity contribution in [2.45, 2.75) is 76.4 Å². The van der Waals surface area contributed by atoms with Crippen LogP contribution in [0.5, 0.6) is 5.75 Å². The number of phenolic OH excluding ortho intramolecular Hbond substituents is 1. The van der Waals surface area contributed by atoms with Gasteiger partial charge in [0.2, 0.25) is 35.4 Å². The van der Waals surface area contributed by atoms with Crippen molar-refractivity contribution in [3.8, 4) is 5.75 Å². The van der Waals surface area contributed by atoms with Crippen LogP contribution in [0.2, 0.25) is 0 Å². The second-order valence-corrected chi connectivity index (χ2v) is 20.2. The van der Waals surface area contributed by atoms with Gasteiger partial charge >= 0.3 is 47.8 Å². The van der Waals surface area contributed by atoms with E-state index in [0.717, 1.165) is 11.8 Å². The van der Waals surface area contributed by atoms with E-state index in [-0.39, 0.29) is 129 Å². The highest BCUT2D eigenvalue weighted by molar-refractivity contribution is 5.94. The first-order valence-corrected chi connectivity index (χ1v) is 27.5. The first kappa shape index (κ1) is 76.4. The number of nitrogens with one attached hydrogen (secondary N) is 5. The number of primary amides is 1. The SMILES string of the molecule is CC(=O)N[C@@H](CCCCNC(=O)CN(CCN(CCN(CC(=O)O)CC(=O)O)CC(=O)O)CC(=O)O)C(=O)N[C@H](Cc1ccc(O)cc1)C(=O)N[C@@H](CCCCNC(=O)CN(CCN(CCN(CCC(=O)O)CC(=O)O)CC(=O)O)CC(=O)O)C(N)=O. The maximum Gasteiger partial charge on any atom is 0.317 e. The van der Waals surface area contributed by atoms with Gasteiger partial charge < -0.3 is 78.3 Å². The number of nitrogens with zero attached hydrogens (tertiary/aromatic N) is 6. The number of carboxylic acids is 8. The third kappa shape index (κ3) is 38.8. The minimum Gasteiger partial charge on any atom is -0.508 e. The zero-order valence-electron chi connectivity index (χ0n) is 48.3. The molecule has 0 fully saturated rings. The summed E-state index contributed by atoms with van der Waals surface area (Å²) in [6, 6.07) is 1.70. The smallest absolute Gasteiger partial charge is 0.317 e. The highest BCUT2D eigenvalue weighted by atomic mass is 16.4. The number of rotatable bonds is 51. The fourth-order valence-electron chi connectivity index (χ4n) is 8.52. The van der Waals surface area contributed by atoms with Gasteiger partial charge in [-0.25, -0.2) is 0 Å². The van der Waals surface area contributed by atoms with E-state index >= 15 is 0 Å². The molecule has 87 heavy (non-hydrogen) atoms. The third-order valence-corrected chi connectivity index (χ3v) is 12.7. The van der Waals surface area contributed by atoms with E-state index in [1.165, 1.54) is 48.8 Å². The number of phenols is 1. The van der Waals surface area contributed by atoms with Gasteiger partial charge in [-0.3, -0.25) is 96.5 Å². The van der Waals surface area contributed by atoms with Gasteiger partial charge in [-0.05, 0) is 56.2 Å². The fourth-order valence-corrected chi connectivity index (χ4v) is 8.52. The van der Waals surface area contributed by atoms with Crippen LogP contribution in [0.25, 0.3) is 0 Å². The Balaban J connectivity index is 2.97. The number of carboxylic acid groups (broad SMARTS) is 8. The minimum absolute atomic E-state index is 0.0128. The number of nitrogens with two attached hydrogens (primary N) is 1. The van der Waals surface area contributed by atoms with E-state index in [2.05, 4.69) is 26.6 Å². The van der Waals surface area contributed by atoms with Gasteiger partial charge in [0.25, 0.3) is 0 Å². The monoisotopic (exact) mass is 1240 g/mol. The highest BCUT2D eigenvalue weighted by Crippen LogP contribution is 2.13. The molecule has 488 valence electrons. The summed E-state index contributed by atoms with van der Waals surface area (Å²) in [4.78, 5) is 177. The molecule has 1 aromatic rings. The van der Waals surface area contributed by atoms with Crippen molar-refractivity contribution in [2.24, 2.45) is 5.73 Å².